The van der Waals surface area contributed by atoms with Crippen molar-refractivity contribution in [2.45, 2.75) is 6.54 Å². The third-order valence-electron chi connectivity index (χ3n) is 2.64. The Morgan fingerprint density at radius 2 is 2.06 bits per heavy atom. The van der Waals surface area contributed by atoms with Crippen LogP contribution in [0, 0.1) is 0 Å². The zero-order valence-electron chi connectivity index (χ0n) is 10.8. The van der Waals surface area contributed by atoms with Gasteiger partial charge in [-0.3, -0.25) is 4.90 Å². The number of hydrogen-bond donors (Lipinski definition) is 0. The first-order chi connectivity index (χ1) is 8.79. The van der Waals surface area contributed by atoms with Crippen LogP contribution in [0.25, 0.3) is 5.69 Å². The van der Waals surface area contributed by atoms with Gasteiger partial charge < -0.3 is 0 Å². The molecule has 0 unspecified atom stereocenters. The van der Waals surface area contributed by atoms with Crippen LogP contribution in [0.4, 0.5) is 0 Å². The van der Waals surface area contributed by atoms with Crippen molar-refractivity contribution in [3.8, 4) is 5.69 Å². The molecular formula is C13H18N4S. The van der Waals surface area contributed by atoms with Crippen molar-refractivity contribution < 1.29 is 0 Å². The molecule has 2 rings (SSSR count). The Kier molecular flexibility index (Phi) is 4.78. The first-order valence-electron chi connectivity index (χ1n) is 5.93. The van der Waals surface area contributed by atoms with Crippen molar-refractivity contribution in [3.63, 3.8) is 0 Å². The van der Waals surface area contributed by atoms with E-state index in [1.807, 2.05) is 48.3 Å². The van der Waals surface area contributed by atoms with E-state index in [1.54, 1.807) is 4.80 Å². The second-order valence-corrected chi connectivity index (χ2v) is 5.18. The Labute approximate surface area is 112 Å². The zero-order chi connectivity index (χ0) is 12.8. The Hall–Kier alpha value is -1.33. The molecule has 0 atom stereocenters. The molecule has 0 amide bonds. The largest absolute Gasteiger partial charge is 0.300 e. The van der Waals surface area contributed by atoms with Gasteiger partial charge >= 0.3 is 0 Å². The summed E-state index contributed by atoms with van der Waals surface area (Å²) in [5.74, 6) is 1.14. The SMILES string of the molecule is CSCCN(C)Cc1cnn(-c2ccccc2)n1. The molecule has 4 nitrogen and oxygen atoms in total. The maximum atomic E-state index is 4.49. The van der Waals surface area contributed by atoms with Gasteiger partial charge in [-0.15, -0.1) is 0 Å². The van der Waals surface area contributed by atoms with Crippen molar-refractivity contribution in [1.29, 1.82) is 0 Å². The van der Waals surface area contributed by atoms with Gasteiger partial charge in [0.05, 0.1) is 17.6 Å². The molecule has 0 spiro atoms. The van der Waals surface area contributed by atoms with Crippen LogP contribution in [-0.4, -0.2) is 45.5 Å². The molecule has 1 aromatic heterocycles. The van der Waals surface area contributed by atoms with E-state index >= 15 is 0 Å². The first kappa shape index (κ1) is 13.1. The third-order valence-corrected chi connectivity index (χ3v) is 3.23. The highest BCUT2D eigenvalue weighted by molar-refractivity contribution is 7.98. The van der Waals surface area contributed by atoms with Gasteiger partial charge in [0.1, 0.15) is 0 Å². The first-order valence-corrected chi connectivity index (χ1v) is 7.33. The minimum absolute atomic E-state index is 0.841. The molecule has 0 aliphatic heterocycles. The topological polar surface area (TPSA) is 34.0 Å². The van der Waals surface area contributed by atoms with E-state index in [1.165, 1.54) is 0 Å². The Balaban J connectivity index is 1.98. The normalized spacial score (nSPS) is 11.1. The molecule has 1 aromatic carbocycles. The summed E-state index contributed by atoms with van der Waals surface area (Å²) in [6, 6.07) is 9.97. The summed E-state index contributed by atoms with van der Waals surface area (Å²) < 4.78 is 0. The van der Waals surface area contributed by atoms with Crippen molar-refractivity contribution in [2.24, 2.45) is 0 Å². The van der Waals surface area contributed by atoms with Crippen molar-refractivity contribution in [2.75, 3.05) is 25.6 Å². The lowest BCUT2D eigenvalue weighted by Crippen LogP contribution is -2.21. The average Bonchev–Trinajstić information content (AvgIpc) is 2.86. The lowest BCUT2D eigenvalue weighted by atomic mass is 10.3. The summed E-state index contributed by atoms with van der Waals surface area (Å²) in [5.41, 5.74) is 2.00. The van der Waals surface area contributed by atoms with Crippen LogP contribution in [0.5, 0.6) is 0 Å². The standard InChI is InChI=1S/C13H18N4S/c1-16(8-9-18-2)11-12-10-14-17(15-12)13-6-4-3-5-7-13/h3-7,10H,8-9,11H2,1-2H3. The predicted octanol–water partition coefficient (Wildman–Crippen LogP) is 2.06. The number of nitrogens with zero attached hydrogens (tertiary/aromatic N) is 4. The summed E-state index contributed by atoms with van der Waals surface area (Å²) in [4.78, 5) is 3.94. The second-order valence-electron chi connectivity index (χ2n) is 4.19. The smallest absolute Gasteiger partial charge is 0.0971 e. The van der Waals surface area contributed by atoms with Gasteiger partial charge in [0.2, 0.25) is 0 Å². The molecule has 1 heterocycles. The number of para-hydroxylation sites is 1. The minimum Gasteiger partial charge on any atom is -0.300 e. The molecule has 0 fully saturated rings. The van der Waals surface area contributed by atoms with Crippen LogP contribution in [-0.2, 0) is 6.54 Å². The average molecular weight is 262 g/mol. The zero-order valence-corrected chi connectivity index (χ0v) is 11.6. The fraction of sp³-hybridized carbons (Fsp3) is 0.385. The molecular weight excluding hydrogens is 244 g/mol. The van der Waals surface area contributed by atoms with Crippen LogP contribution >= 0.6 is 11.8 Å². The lowest BCUT2D eigenvalue weighted by Gasteiger charge is -2.13. The molecule has 0 radical (unpaired) electrons. The fourth-order valence-corrected chi connectivity index (χ4v) is 2.15. The molecule has 0 saturated heterocycles. The number of benzene rings is 1. The minimum atomic E-state index is 0.841. The number of thioether (sulfide) groups is 1. The molecule has 96 valence electrons. The second kappa shape index (κ2) is 6.56. The van der Waals surface area contributed by atoms with Gasteiger partial charge in [-0.2, -0.15) is 26.8 Å². The molecule has 0 N–H and O–H groups in total. The maximum absolute atomic E-state index is 4.49. The number of rotatable bonds is 6. The van der Waals surface area contributed by atoms with Crippen LogP contribution in [0.1, 0.15) is 5.69 Å². The highest BCUT2D eigenvalue weighted by Gasteiger charge is 2.05. The van der Waals surface area contributed by atoms with E-state index in [-0.39, 0.29) is 0 Å². The summed E-state index contributed by atoms with van der Waals surface area (Å²) in [7, 11) is 2.11. The lowest BCUT2D eigenvalue weighted by molar-refractivity contribution is 0.343. The van der Waals surface area contributed by atoms with E-state index < -0.39 is 0 Å². The van der Waals surface area contributed by atoms with Crippen LogP contribution in [0.15, 0.2) is 36.5 Å². The Morgan fingerprint density at radius 3 is 2.78 bits per heavy atom. The highest BCUT2D eigenvalue weighted by Crippen LogP contribution is 2.05. The van der Waals surface area contributed by atoms with Crippen molar-refractivity contribution >= 4 is 11.8 Å². The van der Waals surface area contributed by atoms with Crippen LogP contribution < -0.4 is 0 Å². The Bertz CT molecular complexity index is 469. The molecule has 2 aromatic rings. The predicted molar refractivity (Wildman–Crippen MR) is 76.1 cm³/mol. The molecule has 0 bridgehead atoms. The van der Waals surface area contributed by atoms with E-state index in [4.69, 9.17) is 0 Å². The number of aromatic nitrogens is 3. The van der Waals surface area contributed by atoms with Gasteiger partial charge in [0.25, 0.3) is 0 Å². The summed E-state index contributed by atoms with van der Waals surface area (Å²) in [6.45, 7) is 1.91. The Morgan fingerprint density at radius 1 is 1.28 bits per heavy atom. The quantitative estimate of drug-likeness (QED) is 0.798. The van der Waals surface area contributed by atoms with Gasteiger partial charge in [-0.1, -0.05) is 18.2 Å². The summed E-state index contributed by atoms with van der Waals surface area (Å²) in [5, 5.41) is 8.78. The van der Waals surface area contributed by atoms with E-state index in [2.05, 4.69) is 28.4 Å². The van der Waals surface area contributed by atoms with E-state index in [0.717, 1.165) is 30.2 Å². The molecule has 0 aliphatic carbocycles. The van der Waals surface area contributed by atoms with E-state index in [0.29, 0.717) is 0 Å². The molecule has 0 saturated carbocycles. The molecule has 0 aliphatic rings. The van der Waals surface area contributed by atoms with Crippen LogP contribution in [0.3, 0.4) is 0 Å². The van der Waals surface area contributed by atoms with Gasteiger partial charge in [-0.25, -0.2) is 0 Å². The fourth-order valence-electron chi connectivity index (χ4n) is 1.66. The number of hydrogen-bond acceptors (Lipinski definition) is 4. The van der Waals surface area contributed by atoms with Gasteiger partial charge in [0, 0.05) is 18.8 Å². The van der Waals surface area contributed by atoms with Gasteiger partial charge in [0.15, 0.2) is 0 Å². The monoisotopic (exact) mass is 262 g/mol. The van der Waals surface area contributed by atoms with Crippen molar-refractivity contribution in [3.05, 3.63) is 42.2 Å². The van der Waals surface area contributed by atoms with E-state index in [9.17, 15) is 0 Å². The maximum Gasteiger partial charge on any atom is 0.0971 e. The van der Waals surface area contributed by atoms with Crippen LogP contribution in [0.2, 0.25) is 0 Å². The summed E-state index contributed by atoms with van der Waals surface area (Å²) in [6.07, 6.45) is 3.96. The third kappa shape index (κ3) is 3.58. The molecule has 5 heteroatoms. The molecule has 18 heavy (non-hydrogen) atoms. The van der Waals surface area contributed by atoms with Crippen molar-refractivity contribution in [1.82, 2.24) is 19.9 Å². The van der Waals surface area contributed by atoms with Gasteiger partial charge in [-0.05, 0) is 25.4 Å². The summed E-state index contributed by atoms with van der Waals surface area (Å²) >= 11 is 1.86. The highest BCUT2D eigenvalue weighted by atomic mass is 32.2.